The average molecular weight is 438 g/mol. The smallest absolute Gasteiger partial charge is 0.175 e. The SMILES string of the molecule is CNc1ccc(-c2cc(-c3ccc(Cl)cc3)n(-c3ccc(S(C)(=O)=O)cc3)n2)cc1. The Balaban J connectivity index is 1.84. The molecule has 1 aromatic heterocycles. The monoisotopic (exact) mass is 437 g/mol. The van der Waals surface area contributed by atoms with Gasteiger partial charge in [0.1, 0.15) is 0 Å². The fraction of sp³-hybridized carbons (Fsp3) is 0.0870. The minimum Gasteiger partial charge on any atom is -0.388 e. The van der Waals surface area contributed by atoms with E-state index in [-0.39, 0.29) is 4.90 Å². The number of benzene rings is 3. The van der Waals surface area contributed by atoms with Gasteiger partial charge in [-0.05, 0) is 54.6 Å². The Labute approximate surface area is 180 Å². The molecule has 4 rings (SSSR count). The number of hydrogen-bond donors (Lipinski definition) is 1. The highest BCUT2D eigenvalue weighted by molar-refractivity contribution is 7.90. The van der Waals surface area contributed by atoms with Crippen molar-refractivity contribution in [3.8, 4) is 28.2 Å². The van der Waals surface area contributed by atoms with Gasteiger partial charge in [0.2, 0.25) is 0 Å². The van der Waals surface area contributed by atoms with Crippen LogP contribution >= 0.6 is 11.6 Å². The molecule has 0 aliphatic heterocycles. The fourth-order valence-corrected chi connectivity index (χ4v) is 3.94. The van der Waals surface area contributed by atoms with Crippen LogP contribution in [0.4, 0.5) is 5.69 Å². The minimum absolute atomic E-state index is 0.273. The first-order valence-corrected chi connectivity index (χ1v) is 11.6. The lowest BCUT2D eigenvalue weighted by molar-refractivity contribution is 0.602. The van der Waals surface area contributed by atoms with Gasteiger partial charge >= 0.3 is 0 Å². The van der Waals surface area contributed by atoms with Crippen molar-refractivity contribution in [2.24, 2.45) is 0 Å². The van der Waals surface area contributed by atoms with Crippen LogP contribution < -0.4 is 5.32 Å². The van der Waals surface area contributed by atoms with Crippen LogP contribution in [-0.4, -0.2) is 31.5 Å². The largest absolute Gasteiger partial charge is 0.388 e. The summed E-state index contributed by atoms with van der Waals surface area (Å²) in [6, 6.07) is 24.3. The van der Waals surface area contributed by atoms with Gasteiger partial charge in [-0.3, -0.25) is 0 Å². The standard InChI is InChI=1S/C23H20ClN3O2S/c1-25-19-9-5-16(6-10-19)22-15-23(17-3-7-18(24)8-4-17)27(26-22)20-11-13-21(14-12-20)30(2,28)29/h3-15,25H,1-2H3. The maximum absolute atomic E-state index is 11.8. The molecule has 0 spiro atoms. The van der Waals surface area contributed by atoms with Crippen molar-refractivity contribution >= 4 is 27.1 Å². The van der Waals surface area contributed by atoms with Crippen molar-refractivity contribution in [1.29, 1.82) is 0 Å². The summed E-state index contributed by atoms with van der Waals surface area (Å²) in [6.07, 6.45) is 1.20. The Kier molecular flexibility index (Phi) is 5.37. The lowest BCUT2D eigenvalue weighted by Crippen LogP contribution is -2.01. The molecule has 1 heterocycles. The summed E-state index contributed by atoms with van der Waals surface area (Å²) in [5.41, 5.74) is 5.42. The van der Waals surface area contributed by atoms with Gasteiger partial charge < -0.3 is 5.32 Å². The van der Waals surface area contributed by atoms with Crippen molar-refractivity contribution in [2.75, 3.05) is 18.6 Å². The molecule has 0 aliphatic carbocycles. The van der Waals surface area contributed by atoms with Crippen LogP contribution in [0.3, 0.4) is 0 Å². The second-order valence-corrected chi connectivity index (χ2v) is 9.38. The summed E-state index contributed by atoms with van der Waals surface area (Å²) < 4.78 is 25.4. The molecule has 3 aromatic carbocycles. The van der Waals surface area contributed by atoms with Crippen LogP contribution in [0.15, 0.2) is 83.8 Å². The van der Waals surface area contributed by atoms with Gasteiger partial charge in [0.25, 0.3) is 0 Å². The number of nitrogens with one attached hydrogen (secondary N) is 1. The van der Waals surface area contributed by atoms with Crippen LogP contribution in [0.25, 0.3) is 28.2 Å². The first-order chi connectivity index (χ1) is 14.3. The molecule has 0 atom stereocenters. The topological polar surface area (TPSA) is 64.0 Å². The summed E-state index contributed by atoms with van der Waals surface area (Å²) in [5.74, 6) is 0. The molecule has 152 valence electrons. The summed E-state index contributed by atoms with van der Waals surface area (Å²) in [5, 5.41) is 8.58. The van der Waals surface area contributed by atoms with Gasteiger partial charge in [-0.1, -0.05) is 35.9 Å². The number of anilines is 1. The first kappa shape index (κ1) is 20.2. The summed E-state index contributed by atoms with van der Waals surface area (Å²) in [4.78, 5) is 0.273. The third-order valence-electron chi connectivity index (χ3n) is 4.83. The maximum Gasteiger partial charge on any atom is 0.175 e. The summed E-state index contributed by atoms with van der Waals surface area (Å²) in [7, 11) is -1.39. The minimum atomic E-state index is -3.26. The average Bonchev–Trinajstić information content (AvgIpc) is 3.19. The molecule has 0 saturated carbocycles. The van der Waals surface area contributed by atoms with Crippen molar-refractivity contribution in [2.45, 2.75) is 4.90 Å². The lowest BCUT2D eigenvalue weighted by Gasteiger charge is -2.08. The first-order valence-electron chi connectivity index (χ1n) is 9.30. The van der Waals surface area contributed by atoms with Crippen molar-refractivity contribution < 1.29 is 8.42 Å². The molecule has 0 fully saturated rings. The van der Waals surface area contributed by atoms with E-state index in [1.807, 2.05) is 66.3 Å². The van der Waals surface area contributed by atoms with Gasteiger partial charge in [0.15, 0.2) is 9.84 Å². The van der Waals surface area contributed by atoms with E-state index in [2.05, 4.69) is 5.32 Å². The highest BCUT2D eigenvalue weighted by Gasteiger charge is 2.14. The molecule has 0 unspecified atom stereocenters. The Morgan fingerprint density at radius 3 is 2.03 bits per heavy atom. The van der Waals surface area contributed by atoms with E-state index in [1.54, 1.807) is 24.3 Å². The van der Waals surface area contributed by atoms with E-state index in [4.69, 9.17) is 16.7 Å². The van der Waals surface area contributed by atoms with Gasteiger partial charge in [-0.15, -0.1) is 0 Å². The van der Waals surface area contributed by atoms with Gasteiger partial charge in [-0.2, -0.15) is 5.10 Å². The van der Waals surface area contributed by atoms with Crippen LogP contribution in [0, 0.1) is 0 Å². The zero-order chi connectivity index (χ0) is 21.3. The van der Waals surface area contributed by atoms with E-state index in [0.29, 0.717) is 5.02 Å². The number of rotatable bonds is 5. The molecule has 0 bridgehead atoms. The molecule has 1 N–H and O–H groups in total. The van der Waals surface area contributed by atoms with Gasteiger partial charge in [-0.25, -0.2) is 13.1 Å². The van der Waals surface area contributed by atoms with Crippen molar-refractivity contribution in [3.63, 3.8) is 0 Å². The summed E-state index contributed by atoms with van der Waals surface area (Å²) in [6.45, 7) is 0. The normalized spacial score (nSPS) is 11.4. The molecule has 0 aliphatic rings. The van der Waals surface area contributed by atoms with E-state index < -0.39 is 9.84 Å². The number of halogens is 1. The highest BCUT2D eigenvalue weighted by Crippen LogP contribution is 2.30. The molecule has 7 heteroatoms. The van der Waals surface area contributed by atoms with E-state index in [1.165, 1.54) is 6.26 Å². The molecule has 30 heavy (non-hydrogen) atoms. The molecular formula is C23H20ClN3O2S. The molecule has 5 nitrogen and oxygen atoms in total. The van der Waals surface area contributed by atoms with Crippen LogP contribution in [-0.2, 0) is 9.84 Å². The molecular weight excluding hydrogens is 418 g/mol. The molecule has 4 aromatic rings. The molecule has 0 amide bonds. The predicted octanol–water partition coefficient (Wildman–Crippen LogP) is 5.30. The van der Waals surface area contributed by atoms with Crippen LogP contribution in [0.5, 0.6) is 0 Å². The second kappa shape index (κ2) is 7.97. The molecule has 0 saturated heterocycles. The Bertz CT molecular complexity index is 1280. The number of hydrogen-bond acceptors (Lipinski definition) is 4. The number of sulfone groups is 1. The predicted molar refractivity (Wildman–Crippen MR) is 122 cm³/mol. The zero-order valence-corrected chi connectivity index (χ0v) is 18.1. The quantitative estimate of drug-likeness (QED) is 0.459. The molecule has 0 radical (unpaired) electrons. The third-order valence-corrected chi connectivity index (χ3v) is 6.21. The Morgan fingerprint density at radius 1 is 0.867 bits per heavy atom. The maximum atomic E-state index is 11.8. The Morgan fingerprint density at radius 2 is 1.47 bits per heavy atom. The summed E-state index contributed by atoms with van der Waals surface area (Å²) >= 11 is 6.06. The van der Waals surface area contributed by atoms with E-state index in [9.17, 15) is 8.42 Å². The fourth-order valence-electron chi connectivity index (χ4n) is 3.19. The zero-order valence-electron chi connectivity index (χ0n) is 16.5. The van der Waals surface area contributed by atoms with Crippen molar-refractivity contribution in [3.05, 3.63) is 83.9 Å². The van der Waals surface area contributed by atoms with Gasteiger partial charge in [0, 0.05) is 35.1 Å². The number of nitrogens with zero attached hydrogens (tertiary/aromatic N) is 2. The van der Waals surface area contributed by atoms with E-state index in [0.717, 1.165) is 33.9 Å². The van der Waals surface area contributed by atoms with Crippen LogP contribution in [0.1, 0.15) is 0 Å². The van der Waals surface area contributed by atoms with Crippen LogP contribution in [0.2, 0.25) is 5.02 Å². The number of aromatic nitrogens is 2. The second-order valence-electron chi connectivity index (χ2n) is 6.93. The highest BCUT2D eigenvalue weighted by atomic mass is 35.5. The lowest BCUT2D eigenvalue weighted by atomic mass is 10.1. The van der Waals surface area contributed by atoms with Crippen molar-refractivity contribution in [1.82, 2.24) is 9.78 Å². The van der Waals surface area contributed by atoms with E-state index >= 15 is 0 Å². The van der Waals surface area contributed by atoms with Gasteiger partial charge in [0.05, 0.1) is 22.0 Å². The third kappa shape index (κ3) is 4.10. The Hall–Kier alpha value is -3.09.